The van der Waals surface area contributed by atoms with Crippen LogP contribution in [0.3, 0.4) is 0 Å². The summed E-state index contributed by atoms with van der Waals surface area (Å²) in [4.78, 5) is 15.6. The van der Waals surface area contributed by atoms with Crippen LogP contribution in [0.15, 0.2) is 12.4 Å². The highest BCUT2D eigenvalue weighted by Crippen LogP contribution is 2.31. The number of aryl methyl sites for hydroxylation is 2. The molecule has 0 aromatic carbocycles. The van der Waals surface area contributed by atoms with Crippen molar-refractivity contribution in [2.24, 2.45) is 13.0 Å². The summed E-state index contributed by atoms with van der Waals surface area (Å²) in [6, 6.07) is 0. The van der Waals surface area contributed by atoms with Crippen LogP contribution in [-0.4, -0.2) is 15.3 Å². The largest absolute Gasteiger partial charge is 0.338 e. The molecule has 1 heterocycles. The number of hydrogen-bond donors (Lipinski definition) is 0. The molecule has 0 spiro atoms. The second-order valence-corrected chi connectivity index (χ2v) is 4.05. The molecule has 76 valence electrons. The molecule has 1 aromatic heterocycles. The van der Waals surface area contributed by atoms with Crippen LogP contribution in [0.5, 0.6) is 0 Å². The van der Waals surface area contributed by atoms with Crippen molar-refractivity contribution in [1.29, 1.82) is 0 Å². The third kappa shape index (κ3) is 2.22. The fourth-order valence-corrected chi connectivity index (χ4v) is 1.67. The lowest BCUT2D eigenvalue weighted by Crippen LogP contribution is -2.03. The lowest BCUT2D eigenvalue weighted by atomic mass is 10.1. The monoisotopic (exact) mass is 192 g/mol. The normalized spacial score (nSPS) is 15.8. The molecule has 14 heavy (non-hydrogen) atoms. The van der Waals surface area contributed by atoms with Gasteiger partial charge in [0.05, 0.1) is 0 Å². The Bertz CT molecular complexity index is 326. The maximum atomic E-state index is 11.4. The average Bonchev–Trinajstić information content (AvgIpc) is 2.93. The molecular weight excluding hydrogens is 176 g/mol. The molecule has 1 aliphatic carbocycles. The van der Waals surface area contributed by atoms with Gasteiger partial charge in [-0.2, -0.15) is 0 Å². The van der Waals surface area contributed by atoms with Gasteiger partial charge < -0.3 is 4.57 Å². The van der Waals surface area contributed by atoms with E-state index in [4.69, 9.17) is 0 Å². The predicted octanol–water partition coefficient (Wildman–Crippen LogP) is 1.72. The lowest BCUT2D eigenvalue weighted by Gasteiger charge is -2.00. The second kappa shape index (κ2) is 3.95. The maximum absolute atomic E-state index is 11.4. The molecule has 1 saturated carbocycles. The highest BCUT2D eigenvalue weighted by Gasteiger charge is 2.28. The molecule has 0 unspecified atom stereocenters. The van der Waals surface area contributed by atoms with Crippen LogP contribution in [0.1, 0.15) is 31.5 Å². The van der Waals surface area contributed by atoms with Gasteiger partial charge in [-0.05, 0) is 19.3 Å². The SMILES string of the molecule is Cn1ccnc1CCCC(=O)C1CC1. The first-order chi connectivity index (χ1) is 6.77. The molecule has 0 bridgehead atoms. The molecule has 0 N–H and O–H groups in total. The van der Waals surface area contributed by atoms with Gasteiger partial charge in [0, 0.05) is 38.2 Å². The number of rotatable bonds is 5. The van der Waals surface area contributed by atoms with E-state index < -0.39 is 0 Å². The molecule has 2 rings (SSSR count). The van der Waals surface area contributed by atoms with E-state index in [2.05, 4.69) is 4.98 Å². The lowest BCUT2D eigenvalue weighted by molar-refractivity contribution is -0.120. The fourth-order valence-electron chi connectivity index (χ4n) is 1.67. The smallest absolute Gasteiger partial charge is 0.135 e. The van der Waals surface area contributed by atoms with Gasteiger partial charge in [0.25, 0.3) is 0 Å². The Kier molecular flexibility index (Phi) is 2.66. The van der Waals surface area contributed by atoms with Gasteiger partial charge in [0.15, 0.2) is 0 Å². The van der Waals surface area contributed by atoms with Crippen molar-refractivity contribution in [2.45, 2.75) is 32.1 Å². The fraction of sp³-hybridized carbons (Fsp3) is 0.636. The van der Waals surface area contributed by atoms with E-state index in [1.807, 2.05) is 17.8 Å². The summed E-state index contributed by atoms with van der Waals surface area (Å²) in [6.07, 6.45) is 8.60. The number of aromatic nitrogens is 2. The minimum atomic E-state index is 0.413. The summed E-state index contributed by atoms with van der Waals surface area (Å²) in [5, 5.41) is 0. The first-order valence-electron chi connectivity index (χ1n) is 5.26. The topological polar surface area (TPSA) is 34.9 Å². The predicted molar refractivity (Wildman–Crippen MR) is 53.9 cm³/mol. The van der Waals surface area contributed by atoms with Crippen LogP contribution in [0.2, 0.25) is 0 Å². The third-order valence-electron chi connectivity index (χ3n) is 2.78. The zero-order valence-corrected chi connectivity index (χ0v) is 8.57. The highest BCUT2D eigenvalue weighted by atomic mass is 16.1. The van der Waals surface area contributed by atoms with Gasteiger partial charge in [-0.3, -0.25) is 4.79 Å². The van der Waals surface area contributed by atoms with Gasteiger partial charge in [-0.25, -0.2) is 4.98 Å². The third-order valence-corrected chi connectivity index (χ3v) is 2.78. The minimum Gasteiger partial charge on any atom is -0.338 e. The number of nitrogens with zero attached hydrogens (tertiary/aromatic N) is 2. The number of Topliss-reactive ketones (excluding diaryl/α,β-unsaturated/α-hetero) is 1. The van der Waals surface area contributed by atoms with Crippen molar-refractivity contribution < 1.29 is 4.79 Å². The quantitative estimate of drug-likeness (QED) is 0.712. The number of carbonyl (C=O) groups is 1. The summed E-state index contributed by atoms with van der Waals surface area (Å²) in [7, 11) is 1.99. The van der Waals surface area contributed by atoms with E-state index in [1.54, 1.807) is 6.20 Å². The molecule has 1 fully saturated rings. The average molecular weight is 192 g/mol. The Morgan fingerprint density at radius 2 is 2.43 bits per heavy atom. The van der Waals surface area contributed by atoms with E-state index in [0.29, 0.717) is 11.7 Å². The summed E-state index contributed by atoms with van der Waals surface area (Å²) in [6.45, 7) is 0. The van der Waals surface area contributed by atoms with Crippen molar-refractivity contribution in [3.63, 3.8) is 0 Å². The molecule has 1 aromatic rings. The van der Waals surface area contributed by atoms with Gasteiger partial charge in [-0.1, -0.05) is 0 Å². The molecule has 1 aliphatic rings. The zero-order valence-electron chi connectivity index (χ0n) is 8.57. The van der Waals surface area contributed by atoms with Crippen molar-refractivity contribution in [1.82, 2.24) is 9.55 Å². The molecule has 3 heteroatoms. The molecule has 0 saturated heterocycles. The van der Waals surface area contributed by atoms with E-state index in [-0.39, 0.29) is 0 Å². The standard InChI is InChI=1S/C11H16N2O/c1-13-8-7-12-11(13)4-2-3-10(14)9-5-6-9/h7-9H,2-6H2,1H3. The van der Waals surface area contributed by atoms with E-state index in [0.717, 1.165) is 37.9 Å². The summed E-state index contributed by atoms with van der Waals surface area (Å²) in [5.74, 6) is 1.95. The van der Waals surface area contributed by atoms with E-state index in [9.17, 15) is 4.79 Å². The van der Waals surface area contributed by atoms with Crippen LogP contribution >= 0.6 is 0 Å². The second-order valence-electron chi connectivity index (χ2n) is 4.05. The molecule has 0 amide bonds. The summed E-state index contributed by atoms with van der Waals surface area (Å²) >= 11 is 0. The van der Waals surface area contributed by atoms with Crippen LogP contribution in [0.4, 0.5) is 0 Å². The van der Waals surface area contributed by atoms with Gasteiger partial charge in [0.1, 0.15) is 11.6 Å². The van der Waals surface area contributed by atoms with Crippen molar-refractivity contribution in [3.8, 4) is 0 Å². The number of ketones is 1. The van der Waals surface area contributed by atoms with E-state index >= 15 is 0 Å². The Hall–Kier alpha value is -1.12. The van der Waals surface area contributed by atoms with Crippen LogP contribution in [0.25, 0.3) is 0 Å². The zero-order chi connectivity index (χ0) is 9.97. The van der Waals surface area contributed by atoms with Gasteiger partial charge in [-0.15, -0.1) is 0 Å². The maximum Gasteiger partial charge on any atom is 0.135 e. The van der Waals surface area contributed by atoms with E-state index in [1.165, 1.54) is 0 Å². The Morgan fingerprint density at radius 1 is 1.64 bits per heavy atom. The number of carbonyl (C=O) groups excluding carboxylic acids is 1. The number of hydrogen-bond acceptors (Lipinski definition) is 2. The Morgan fingerprint density at radius 3 is 3.00 bits per heavy atom. The first-order valence-corrected chi connectivity index (χ1v) is 5.26. The molecule has 0 radical (unpaired) electrons. The molecule has 0 aliphatic heterocycles. The molecular formula is C11H16N2O. The Balaban J connectivity index is 1.72. The van der Waals surface area contributed by atoms with Crippen LogP contribution in [0, 0.1) is 5.92 Å². The van der Waals surface area contributed by atoms with Crippen molar-refractivity contribution in [3.05, 3.63) is 18.2 Å². The van der Waals surface area contributed by atoms with Gasteiger partial charge in [0.2, 0.25) is 0 Å². The van der Waals surface area contributed by atoms with Crippen LogP contribution < -0.4 is 0 Å². The first kappa shape index (κ1) is 9.44. The number of imidazole rings is 1. The van der Waals surface area contributed by atoms with Crippen LogP contribution in [-0.2, 0) is 18.3 Å². The minimum absolute atomic E-state index is 0.413. The van der Waals surface area contributed by atoms with Crippen molar-refractivity contribution in [2.75, 3.05) is 0 Å². The summed E-state index contributed by atoms with van der Waals surface area (Å²) in [5.41, 5.74) is 0. The summed E-state index contributed by atoms with van der Waals surface area (Å²) < 4.78 is 2.02. The molecule has 3 nitrogen and oxygen atoms in total. The Labute approximate surface area is 84.1 Å². The molecule has 0 atom stereocenters. The van der Waals surface area contributed by atoms with Crippen molar-refractivity contribution >= 4 is 5.78 Å². The highest BCUT2D eigenvalue weighted by molar-refractivity contribution is 5.83. The van der Waals surface area contributed by atoms with Gasteiger partial charge >= 0.3 is 0 Å².